The highest BCUT2D eigenvalue weighted by Gasteiger charge is 2.48. The largest absolute Gasteiger partial charge is 0.506 e. The normalized spacial score (nSPS) is 16.9. The number of urea groups is 1. The van der Waals surface area contributed by atoms with Crippen molar-refractivity contribution in [3.8, 4) is 5.75 Å². The van der Waals surface area contributed by atoms with Gasteiger partial charge in [0.1, 0.15) is 11.6 Å². The molecule has 5 rings (SSSR count). The summed E-state index contributed by atoms with van der Waals surface area (Å²) in [6.45, 7) is 12.0. The van der Waals surface area contributed by atoms with Crippen molar-refractivity contribution in [3.63, 3.8) is 0 Å². The number of aromatic hydroxyl groups is 1. The predicted molar refractivity (Wildman–Crippen MR) is 152 cm³/mol. The molecule has 0 aliphatic carbocycles. The molecule has 0 bridgehead atoms. The van der Waals surface area contributed by atoms with E-state index in [-0.39, 0.29) is 23.0 Å². The number of fused-ring (bicyclic) bond motifs is 2. The standard InChI is InChI=1S/C31H37FN4O2/c1-21-9-11-22(12-10-21)33-29(38)34-24-7-5-6-8-25(24)36-20-31(27-23(32)13-14-26(37)28(27)36)15-17-35(18-16-31)19-30(2,3)4/h5-14,37H,15-20H2,1-4H3,(H2,33,34,38). The Labute approximate surface area is 224 Å². The number of phenolic OH excluding ortho intramolecular Hbond substituents is 1. The van der Waals surface area contributed by atoms with E-state index in [0.717, 1.165) is 43.7 Å². The summed E-state index contributed by atoms with van der Waals surface area (Å²) in [5.41, 5.74) is 3.99. The van der Waals surface area contributed by atoms with E-state index in [1.165, 1.54) is 12.1 Å². The Hall–Kier alpha value is -3.58. The van der Waals surface area contributed by atoms with Gasteiger partial charge in [0.25, 0.3) is 0 Å². The van der Waals surface area contributed by atoms with Crippen molar-refractivity contribution in [1.29, 1.82) is 0 Å². The van der Waals surface area contributed by atoms with E-state index >= 15 is 4.39 Å². The van der Waals surface area contributed by atoms with Gasteiger partial charge in [0.05, 0.1) is 17.1 Å². The minimum atomic E-state index is -0.413. The second-order valence-corrected chi connectivity index (χ2v) is 12.0. The predicted octanol–water partition coefficient (Wildman–Crippen LogP) is 7.02. The Balaban J connectivity index is 1.44. The van der Waals surface area contributed by atoms with E-state index in [1.54, 1.807) is 0 Å². The molecule has 7 heteroatoms. The maximum absolute atomic E-state index is 15.5. The van der Waals surface area contributed by atoms with Gasteiger partial charge in [-0.1, -0.05) is 50.6 Å². The van der Waals surface area contributed by atoms with Crippen LogP contribution in [0.3, 0.4) is 0 Å². The third-order valence-corrected chi connectivity index (χ3v) is 7.63. The SMILES string of the molecule is Cc1ccc(NC(=O)Nc2ccccc2N2CC3(CCN(CC(C)(C)C)CC3)c3c(F)ccc(O)c32)cc1. The van der Waals surface area contributed by atoms with Crippen LogP contribution in [0.15, 0.2) is 60.7 Å². The lowest BCUT2D eigenvalue weighted by atomic mass is 9.73. The van der Waals surface area contributed by atoms with Crippen LogP contribution in [-0.2, 0) is 5.41 Å². The minimum Gasteiger partial charge on any atom is -0.506 e. The number of carbonyl (C=O) groups is 1. The van der Waals surface area contributed by atoms with Crippen LogP contribution in [0, 0.1) is 18.2 Å². The maximum atomic E-state index is 15.5. The first-order valence-corrected chi connectivity index (χ1v) is 13.3. The molecule has 0 atom stereocenters. The van der Waals surface area contributed by atoms with Crippen molar-refractivity contribution in [2.75, 3.05) is 41.7 Å². The molecule has 200 valence electrons. The van der Waals surface area contributed by atoms with Crippen LogP contribution in [0.5, 0.6) is 5.75 Å². The van der Waals surface area contributed by atoms with Crippen LogP contribution >= 0.6 is 0 Å². The first-order valence-electron chi connectivity index (χ1n) is 13.3. The van der Waals surface area contributed by atoms with Crippen LogP contribution in [0.4, 0.5) is 31.9 Å². The van der Waals surface area contributed by atoms with Gasteiger partial charge in [-0.25, -0.2) is 9.18 Å². The maximum Gasteiger partial charge on any atom is 0.323 e. The van der Waals surface area contributed by atoms with Gasteiger partial charge in [-0.05, 0) is 74.7 Å². The molecule has 3 N–H and O–H groups in total. The smallest absolute Gasteiger partial charge is 0.323 e. The van der Waals surface area contributed by atoms with Crippen LogP contribution in [0.2, 0.25) is 0 Å². The topological polar surface area (TPSA) is 67.8 Å². The molecule has 1 saturated heterocycles. The van der Waals surface area contributed by atoms with Crippen LogP contribution in [-0.4, -0.2) is 42.2 Å². The zero-order valence-electron chi connectivity index (χ0n) is 22.6. The molecule has 0 saturated carbocycles. The van der Waals surface area contributed by atoms with Gasteiger partial charge in [0.2, 0.25) is 0 Å². The van der Waals surface area contributed by atoms with Crippen molar-refractivity contribution in [3.05, 3.63) is 77.6 Å². The number of rotatable bonds is 4. The highest BCUT2D eigenvalue weighted by atomic mass is 19.1. The highest BCUT2D eigenvalue weighted by Crippen LogP contribution is 2.55. The van der Waals surface area contributed by atoms with Gasteiger partial charge in [0, 0.05) is 29.8 Å². The Morgan fingerprint density at radius 3 is 2.37 bits per heavy atom. The Morgan fingerprint density at radius 1 is 1.00 bits per heavy atom. The third kappa shape index (κ3) is 5.20. The van der Waals surface area contributed by atoms with Gasteiger partial charge in [0.15, 0.2) is 0 Å². The molecule has 38 heavy (non-hydrogen) atoms. The number of halogens is 1. The van der Waals surface area contributed by atoms with Gasteiger partial charge >= 0.3 is 6.03 Å². The molecule has 3 aromatic rings. The number of benzene rings is 3. The highest BCUT2D eigenvalue weighted by molar-refractivity contribution is 6.02. The summed E-state index contributed by atoms with van der Waals surface area (Å²) in [4.78, 5) is 17.3. The summed E-state index contributed by atoms with van der Waals surface area (Å²) >= 11 is 0. The zero-order valence-corrected chi connectivity index (χ0v) is 22.6. The first-order chi connectivity index (χ1) is 18.0. The molecule has 2 heterocycles. The third-order valence-electron chi connectivity index (χ3n) is 7.63. The molecule has 0 unspecified atom stereocenters. The summed E-state index contributed by atoms with van der Waals surface area (Å²) in [5.74, 6) is -0.235. The fourth-order valence-electron chi connectivity index (χ4n) is 5.95. The summed E-state index contributed by atoms with van der Waals surface area (Å²) in [6, 6.07) is 17.5. The number of carbonyl (C=O) groups excluding carboxylic acids is 1. The molecule has 2 amide bonds. The summed E-state index contributed by atoms with van der Waals surface area (Å²) < 4.78 is 15.5. The molecule has 2 aliphatic rings. The lowest BCUT2D eigenvalue weighted by Crippen LogP contribution is -2.47. The second-order valence-electron chi connectivity index (χ2n) is 12.0. The summed E-state index contributed by atoms with van der Waals surface area (Å²) in [7, 11) is 0. The number of piperidine rings is 1. The molecule has 1 spiro atoms. The number of hydrogen-bond donors (Lipinski definition) is 3. The second kappa shape index (κ2) is 9.95. The van der Waals surface area contributed by atoms with E-state index in [1.807, 2.05) is 60.4 Å². The fourth-order valence-corrected chi connectivity index (χ4v) is 5.95. The van der Waals surface area contributed by atoms with Gasteiger partial charge in [-0.3, -0.25) is 0 Å². The summed E-state index contributed by atoms with van der Waals surface area (Å²) in [5, 5.41) is 16.8. The van der Waals surface area contributed by atoms with Gasteiger partial charge in [-0.15, -0.1) is 0 Å². The number of nitrogens with one attached hydrogen (secondary N) is 2. The average Bonchev–Trinajstić information content (AvgIpc) is 3.20. The molecular weight excluding hydrogens is 479 g/mol. The molecule has 0 radical (unpaired) electrons. The monoisotopic (exact) mass is 516 g/mol. The fraction of sp³-hybridized carbons (Fsp3) is 0.387. The van der Waals surface area contributed by atoms with Gasteiger partial charge in [-0.2, -0.15) is 0 Å². The molecule has 2 aliphatic heterocycles. The van der Waals surface area contributed by atoms with E-state index in [9.17, 15) is 9.90 Å². The number of phenols is 1. The number of nitrogens with zero attached hydrogens (tertiary/aromatic N) is 2. The molecule has 6 nitrogen and oxygen atoms in total. The number of aryl methyl sites for hydroxylation is 1. The molecule has 0 aromatic heterocycles. The van der Waals surface area contributed by atoms with Crippen molar-refractivity contribution in [1.82, 2.24) is 4.90 Å². The molecule has 3 aromatic carbocycles. The average molecular weight is 517 g/mol. The van der Waals surface area contributed by atoms with E-state index in [2.05, 4.69) is 36.3 Å². The Bertz CT molecular complexity index is 1320. The van der Waals surface area contributed by atoms with Crippen LogP contribution in [0.1, 0.15) is 44.7 Å². The van der Waals surface area contributed by atoms with Crippen molar-refractivity contribution in [2.24, 2.45) is 5.41 Å². The van der Waals surface area contributed by atoms with E-state index in [0.29, 0.717) is 29.2 Å². The van der Waals surface area contributed by atoms with Crippen LogP contribution in [0.25, 0.3) is 0 Å². The number of amides is 2. The minimum absolute atomic E-state index is 0.0503. The number of likely N-dealkylation sites (tertiary alicyclic amines) is 1. The quantitative estimate of drug-likeness (QED) is 0.349. The van der Waals surface area contributed by atoms with E-state index in [4.69, 9.17) is 0 Å². The van der Waals surface area contributed by atoms with Crippen molar-refractivity contribution in [2.45, 2.75) is 46.0 Å². The van der Waals surface area contributed by atoms with Gasteiger partial charge < -0.3 is 25.5 Å². The Morgan fingerprint density at radius 2 is 1.68 bits per heavy atom. The first kappa shape index (κ1) is 26.0. The molecular formula is C31H37FN4O2. The number of hydrogen-bond acceptors (Lipinski definition) is 4. The number of anilines is 4. The Kier molecular flexibility index (Phi) is 6.82. The van der Waals surface area contributed by atoms with Crippen LogP contribution < -0.4 is 15.5 Å². The van der Waals surface area contributed by atoms with E-state index < -0.39 is 5.41 Å². The van der Waals surface area contributed by atoms with Crippen molar-refractivity contribution >= 4 is 28.8 Å². The lowest BCUT2D eigenvalue weighted by molar-refractivity contribution is 0.124. The summed E-state index contributed by atoms with van der Waals surface area (Å²) in [6.07, 6.45) is 1.60. The lowest BCUT2D eigenvalue weighted by Gasteiger charge is -2.42. The number of para-hydroxylation sites is 2. The van der Waals surface area contributed by atoms with Crippen molar-refractivity contribution < 1.29 is 14.3 Å². The zero-order chi connectivity index (χ0) is 27.1. The molecule has 1 fully saturated rings.